The Labute approximate surface area is 161 Å². The number of nitrogens with one attached hydrogen (secondary N) is 1. The van der Waals surface area contributed by atoms with Crippen LogP contribution in [-0.4, -0.2) is 68.2 Å². The molecule has 26 heavy (non-hydrogen) atoms. The first-order valence-corrected chi connectivity index (χ1v) is 10.1. The Morgan fingerprint density at radius 3 is 2.81 bits per heavy atom. The summed E-state index contributed by atoms with van der Waals surface area (Å²) in [6.07, 6.45) is 3.05. The molecule has 0 aromatic heterocycles. The van der Waals surface area contributed by atoms with Crippen LogP contribution in [0.15, 0.2) is 24.3 Å². The molecule has 0 bridgehead atoms. The van der Waals surface area contributed by atoms with E-state index < -0.39 is 0 Å². The Kier molecular flexibility index (Phi) is 7.74. The van der Waals surface area contributed by atoms with Crippen LogP contribution in [0.2, 0.25) is 5.02 Å². The van der Waals surface area contributed by atoms with Gasteiger partial charge < -0.3 is 10.1 Å². The molecular weight excluding hydrogens is 350 g/mol. The summed E-state index contributed by atoms with van der Waals surface area (Å²) in [5.41, 5.74) is 1.14. The number of nitrogens with zero attached hydrogens (tertiary/aromatic N) is 2. The molecule has 1 N–H and O–H groups in total. The summed E-state index contributed by atoms with van der Waals surface area (Å²) in [6.45, 7) is 8.14. The molecule has 6 heteroatoms. The summed E-state index contributed by atoms with van der Waals surface area (Å²) in [5.74, 6) is 0.297. The summed E-state index contributed by atoms with van der Waals surface area (Å²) in [4.78, 5) is 17.3. The quantitative estimate of drug-likeness (QED) is 0.739. The SMILES string of the molecule is O=C(NCCCN1CCOCC1)[C@H]1CCCN(Cc2ccccc2Cl)C1. The van der Waals surface area contributed by atoms with Gasteiger partial charge in [0.15, 0.2) is 0 Å². The van der Waals surface area contributed by atoms with Crippen molar-refractivity contribution in [3.8, 4) is 0 Å². The highest BCUT2D eigenvalue weighted by Gasteiger charge is 2.25. The molecule has 2 heterocycles. The number of carbonyl (C=O) groups excluding carboxylic acids is 1. The van der Waals surface area contributed by atoms with Gasteiger partial charge in [-0.3, -0.25) is 14.6 Å². The molecule has 0 radical (unpaired) electrons. The average molecular weight is 380 g/mol. The van der Waals surface area contributed by atoms with Crippen LogP contribution in [0.4, 0.5) is 0 Å². The molecule has 0 unspecified atom stereocenters. The lowest BCUT2D eigenvalue weighted by Crippen LogP contribution is -2.43. The number of ether oxygens (including phenoxy) is 1. The Hall–Kier alpha value is -1.14. The predicted octanol–water partition coefficient (Wildman–Crippen LogP) is 2.39. The van der Waals surface area contributed by atoms with Crippen LogP contribution < -0.4 is 5.32 Å². The fourth-order valence-corrected chi connectivity index (χ4v) is 3.96. The third-order valence-electron chi connectivity index (χ3n) is 5.28. The van der Waals surface area contributed by atoms with Gasteiger partial charge in [-0.25, -0.2) is 0 Å². The van der Waals surface area contributed by atoms with E-state index in [4.69, 9.17) is 16.3 Å². The zero-order valence-corrected chi connectivity index (χ0v) is 16.2. The number of likely N-dealkylation sites (tertiary alicyclic amines) is 1. The molecule has 0 aliphatic carbocycles. The average Bonchev–Trinajstić information content (AvgIpc) is 2.68. The first-order chi connectivity index (χ1) is 12.7. The van der Waals surface area contributed by atoms with E-state index in [1.807, 2.05) is 18.2 Å². The number of amides is 1. The molecule has 0 spiro atoms. The van der Waals surface area contributed by atoms with Crippen LogP contribution in [0, 0.1) is 5.92 Å². The second-order valence-corrected chi connectivity index (χ2v) is 7.67. The maximum absolute atomic E-state index is 12.5. The van der Waals surface area contributed by atoms with Gasteiger partial charge in [-0.1, -0.05) is 29.8 Å². The van der Waals surface area contributed by atoms with E-state index in [0.29, 0.717) is 0 Å². The van der Waals surface area contributed by atoms with Crippen molar-refractivity contribution in [2.75, 3.05) is 52.5 Å². The number of rotatable bonds is 7. The van der Waals surface area contributed by atoms with Crippen molar-refractivity contribution in [2.45, 2.75) is 25.8 Å². The highest BCUT2D eigenvalue weighted by Crippen LogP contribution is 2.22. The molecule has 0 saturated carbocycles. The van der Waals surface area contributed by atoms with Crippen LogP contribution in [0.1, 0.15) is 24.8 Å². The molecule has 1 aromatic rings. The zero-order chi connectivity index (χ0) is 18.2. The summed E-state index contributed by atoms with van der Waals surface area (Å²) in [7, 11) is 0. The number of hydrogen-bond donors (Lipinski definition) is 1. The van der Waals surface area contributed by atoms with E-state index in [9.17, 15) is 4.79 Å². The molecule has 1 amide bonds. The molecule has 1 aromatic carbocycles. The van der Waals surface area contributed by atoms with Crippen molar-refractivity contribution < 1.29 is 9.53 Å². The first-order valence-electron chi connectivity index (χ1n) is 9.76. The summed E-state index contributed by atoms with van der Waals surface area (Å²) >= 11 is 6.27. The van der Waals surface area contributed by atoms with Crippen molar-refractivity contribution >= 4 is 17.5 Å². The van der Waals surface area contributed by atoms with Crippen LogP contribution in [-0.2, 0) is 16.1 Å². The molecular formula is C20H30ClN3O2. The van der Waals surface area contributed by atoms with Gasteiger partial charge in [0.05, 0.1) is 19.1 Å². The van der Waals surface area contributed by atoms with Gasteiger partial charge >= 0.3 is 0 Å². The maximum Gasteiger partial charge on any atom is 0.224 e. The normalized spacial score (nSPS) is 22.3. The van der Waals surface area contributed by atoms with Gasteiger partial charge in [0.1, 0.15) is 0 Å². The number of piperidine rings is 1. The topological polar surface area (TPSA) is 44.8 Å². The molecule has 2 aliphatic heterocycles. The second-order valence-electron chi connectivity index (χ2n) is 7.26. The number of benzene rings is 1. The minimum absolute atomic E-state index is 0.0922. The molecule has 2 saturated heterocycles. The lowest BCUT2D eigenvalue weighted by molar-refractivity contribution is -0.126. The molecule has 144 valence electrons. The van der Waals surface area contributed by atoms with E-state index in [2.05, 4.69) is 21.2 Å². The number of halogens is 1. The fraction of sp³-hybridized carbons (Fsp3) is 0.650. The number of carbonyl (C=O) groups is 1. The second kappa shape index (κ2) is 10.3. The molecule has 3 rings (SSSR count). The van der Waals surface area contributed by atoms with E-state index in [1.54, 1.807) is 0 Å². The Balaban J connectivity index is 1.38. The van der Waals surface area contributed by atoms with Crippen molar-refractivity contribution in [2.24, 2.45) is 5.92 Å². The minimum atomic E-state index is 0.0922. The van der Waals surface area contributed by atoms with E-state index in [0.717, 1.165) is 88.9 Å². The lowest BCUT2D eigenvalue weighted by Gasteiger charge is -2.32. The van der Waals surface area contributed by atoms with Gasteiger partial charge in [-0.2, -0.15) is 0 Å². The largest absolute Gasteiger partial charge is 0.379 e. The van der Waals surface area contributed by atoms with E-state index in [-0.39, 0.29) is 11.8 Å². The van der Waals surface area contributed by atoms with Gasteiger partial charge in [-0.15, -0.1) is 0 Å². The highest BCUT2D eigenvalue weighted by molar-refractivity contribution is 6.31. The van der Waals surface area contributed by atoms with Crippen molar-refractivity contribution in [3.05, 3.63) is 34.9 Å². The van der Waals surface area contributed by atoms with Gasteiger partial charge in [-0.05, 0) is 44.0 Å². The van der Waals surface area contributed by atoms with Crippen LogP contribution in [0.25, 0.3) is 0 Å². The Bertz CT molecular complexity index is 578. The van der Waals surface area contributed by atoms with Crippen LogP contribution in [0.5, 0.6) is 0 Å². The van der Waals surface area contributed by atoms with Crippen molar-refractivity contribution in [1.29, 1.82) is 0 Å². The van der Waals surface area contributed by atoms with Crippen LogP contribution >= 0.6 is 11.6 Å². The van der Waals surface area contributed by atoms with Crippen molar-refractivity contribution in [1.82, 2.24) is 15.1 Å². The summed E-state index contributed by atoms with van der Waals surface area (Å²) < 4.78 is 5.36. The predicted molar refractivity (Wildman–Crippen MR) is 104 cm³/mol. The number of morpholine rings is 1. The molecule has 2 aliphatic rings. The molecule has 2 fully saturated rings. The standard InChI is InChI=1S/C20H30ClN3O2/c21-19-7-2-1-5-17(19)15-24-9-3-6-18(16-24)20(25)22-8-4-10-23-11-13-26-14-12-23/h1-2,5,7,18H,3-4,6,8-16H2,(H,22,25)/t18-/m0/s1. The maximum atomic E-state index is 12.5. The summed E-state index contributed by atoms with van der Waals surface area (Å²) in [6, 6.07) is 7.97. The first kappa shape index (κ1) is 19.6. The van der Waals surface area contributed by atoms with Gasteiger partial charge in [0, 0.05) is 37.7 Å². The molecule has 5 nitrogen and oxygen atoms in total. The van der Waals surface area contributed by atoms with E-state index in [1.165, 1.54) is 0 Å². The zero-order valence-electron chi connectivity index (χ0n) is 15.5. The van der Waals surface area contributed by atoms with Gasteiger partial charge in [0.2, 0.25) is 5.91 Å². The third-order valence-corrected chi connectivity index (χ3v) is 5.65. The van der Waals surface area contributed by atoms with Crippen molar-refractivity contribution in [3.63, 3.8) is 0 Å². The van der Waals surface area contributed by atoms with Crippen LogP contribution in [0.3, 0.4) is 0 Å². The monoisotopic (exact) mass is 379 g/mol. The third kappa shape index (κ3) is 5.95. The fourth-order valence-electron chi connectivity index (χ4n) is 3.76. The highest BCUT2D eigenvalue weighted by atomic mass is 35.5. The molecule has 1 atom stereocenters. The Morgan fingerprint density at radius 2 is 2.00 bits per heavy atom. The Morgan fingerprint density at radius 1 is 1.19 bits per heavy atom. The van der Waals surface area contributed by atoms with Gasteiger partial charge in [0.25, 0.3) is 0 Å². The smallest absolute Gasteiger partial charge is 0.224 e. The summed E-state index contributed by atoms with van der Waals surface area (Å²) in [5, 5.41) is 3.95. The van der Waals surface area contributed by atoms with E-state index >= 15 is 0 Å². The lowest BCUT2D eigenvalue weighted by atomic mass is 9.96. The number of hydrogen-bond acceptors (Lipinski definition) is 4. The minimum Gasteiger partial charge on any atom is -0.379 e.